The molecule has 0 saturated carbocycles. The van der Waals surface area contributed by atoms with Crippen LogP contribution in [0.4, 0.5) is 0 Å². The lowest BCUT2D eigenvalue weighted by atomic mass is 9.99. The summed E-state index contributed by atoms with van der Waals surface area (Å²) >= 11 is 12.4. The molecule has 1 unspecified atom stereocenters. The molecule has 0 amide bonds. The third-order valence-electron chi connectivity index (χ3n) is 3.10. The first kappa shape index (κ1) is 14.4. The second kappa shape index (κ2) is 6.47. The molecule has 0 radical (unpaired) electrons. The SMILES string of the molecule is CCCNC(c1ccoc1C)c1cccc(Cl)c1Cl. The molecular weight excluding hydrogens is 281 g/mol. The van der Waals surface area contributed by atoms with Crippen molar-refractivity contribution in [1.82, 2.24) is 5.32 Å². The maximum Gasteiger partial charge on any atom is 0.105 e. The van der Waals surface area contributed by atoms with Crippen molar-refractivity contribution in [1.29, 1.82) is 0 Å². The van der Waals surface area contributed by atoms with E-state index in [1.807, 2.05) is 25.1 Å². The van der Waals surface area contributed by atoms with Gasteiger partial charge in [0.25, 0.3) is 0 Å². The van der Waals surface area contributed by atoms with E-state index >= 15 is 0 Å². The molecule has 1 heterocycles. The van der Waals surface area contributed by atoms with Crippen LogP contribution in [0.25, 0.3) is 0 Å². The van der Waals surface area contributed by atoms with E-state index in [9.17, 15) is 0 Å². The zero-order valence-corrected chi connectivity index (χ0v) is 12.6. The van der Waals surface area contributed by atoms with Crippen LogP contribution in [0.3, 0.4) is 0 Å². The molecule has 1 N–H and O–H groups in total. The highest BCUT2D eigenvalue weighted by molar-refractivity contribution is 6.42. The molecule has 1 atom stereocenters. The number of aryl methyl sites for hydroxylation is 1. The lowest BCUT2D eigenvalue weighted by Gasteiger charge is -2.20. The Balaban J connectivity index is 2.43. The zero-order chi connectivity index (χ0) is 13.8. The van der Waals surface area contributed by atoms with E-state index in [2.05, 4.69) is 12.2 Å². The van der Waals surface area contributed by atoms with Crippen molar-refractivity contribution in [2.24, 2.45) is 0 Å². The van der Waals surface area contributed by atoms with Gasteiger partial charge in [-0.1, -0.05) is 42.3 Å². The fraction of sp³-hybridized carbons (Fsp3) is 0.333. The molecule has 1 aromatic heterocycles. The Bertz CT molecular complexity index is 551. The zero-order valence-electron chi connectivity index (χ0n) is 11.0. The number of rotatable bonds is 5. The molecule has 0 saturated heterocycles. The van der Waals surface area contributed by atoms with Crippen LogP contribution in [0, 0.1) is 6.92 Å². The van der Waals surface area contributed by atoms with E-state index in [-0.39, 0.29) is 6.04 Å². The third-order valence-corrected chi connectivity index (χ3v) is 3.93. The van der Waals surface area contributed by atoms with Gasteiger partial charge in [-0.15, -0.1) is 0 Å². The maximum atomic E-state index is 6.33. The molecule has 2 nitrogen and oxygen atoms in total. The summed E-state index contributed by atoms with van der Waals surface area (Å²) in [6.07, 6.45) is 2.75. The van der Waals surface area contributed by atoms with Gasteiger partial charge in [-0.3, -0.25) is 0 Å². The molecule has 4 heteroatoms. The highest BCUT2D eigenvalue weighted by Crippen LogP contribution is 2.34. The van der Waals surface area contributed by atoms with Gasteiger partial charge in [0.15, 0.2) is 0 Å². The van der Waals surface area contributed by atoms with E-state index in [1.165, 1.54) is 0 Å². The summed E-state index contributed by atoms with van der Waals surface area (Å²) in [6, 6.07) is 7.69. The van der Waals surface area contributed by atoms with Crippen LogP contribution in [-0.2, 0) is 0 Å². The monoisotopic (exact) mass is 297 g/mol. The predicted octanol–water partition coefficient (Wildman–Crippen LogP) is 4.98. The van der Waals surface area contributed by atoms with Gasteiger partial charge < -0.3 is 9.73 Å². The second-order valence-corrected chi connectivity index (χ2v) is 5.25. The fourth-order valence-corrected chi connectivity index (χ4v) is 2.53. The summed E-state index contributed by atoms with van der Waals surface area (Å²) in [5.41, 5.74) is 2.07. The first-order chi connectivity index (χ1) is 9.15. The highest BCUT2D eigenvalue weighted by atomic mass is 35.5. The summed E-state index contributed by atoms with van der Waals surface area (Å²) in [5.74, 6) is 0.893. The van der Waals surface area contributed by atoms with Crippen LogP contribution < -0.4 is 5.32 Å². The number of furan rings is 1. The molecule has 0 aliphatic carbocycles. The first-order valence-electron chi connectivity index (χ1n) is 6.36. The Morgan fingerprint density at radius 2 is 2.00 bits per heavy atom. The number of hydrogen-bond acceptors (Lipinski definition) is 2. The molecule has 19 heavy (non-hydrogen) atoms. The predicted molar refractivity (Wildman–Crippen MR) is 80.0 cm³/mol. The van der Waals surface area contributed by atoms with Gasteiger partial charge in [-0.2, -0.15) is 0 Å². The van der Waals surface area contributed by atoms with Crippen molar-refractivity contribution in [3.63, 3.8) is 0 Å². The van der Waals surface area contributed by atoms with E-state index in [1.54, 1.807) is 12.3 Å². The largest absolute Gasteiger partial charge is 0.469 e. The van der Waals surface area contributed by atoms with Crippen LogP contribution >= 0.6 is 23.2 Å². The van der Waals surface area contributed by atoms with Crippen molar-refractivity contribution in [3.05, 3.63) is 57.5 Å². The van der Waals surface area contributed by atoms with E-state index < -0.39 is 0 Å². The molecule has 102 valence electrons. The third kappa shape index (κ3) is 3.14. The summed E-state index contributed by atoms with van der Waals surface area (Å²) in [6.45, 7) is 4.98. The molecule has 2 rings (SSSR count). The van der Waals surface area contributed by atoms with E-state index in [4.69, 9.17) is 27.6 Å². The molecule has 0 spiro atoms. The van der Waals surface area contributed by atoms with Crippen LogP contribution in [0.5, 0.6) is 0 Å². The fourth-order valence-electron chi connectivity index (χ4n) is 2.11. The first-order valence-corrected chi connectivity index (χ1v) is 7.12. The Morgan fingerprint density at radius 1 is 1.21 bits per heavy atom. The molecule has 1 aromatic carbocycles. The molecule has 0 fully saturated rings. The lowest BCUT2D eigenvalue weighted by Crippen LogP contribution is -2.23. The standard InChI is InChI=1S/C15H17Cl2NO/c1-3-8-18-15(11-7-9-19-10(11)2)12-5-4-6-13(16)14(12)17/h4-7,9,15,18H,3,8H2,1-2H3. The van der Waals surface area contributed by atoms with Crippen LogP contribution in [-0.4, -0.2) is 6.54 Å². The number of hydrogen-bond donors (Lipinski definition) is 1. The molecule has 0 bridgehead atoms. The van der Waals surface area contributed by atoms with Gasteiger partial charge in [-0.05, 0) is 37.6 Å². The summed E-state index contributed by atoms with van der Waals surface area (Å²) < 4.78 is 5.40. The van der Waals surface area contributed by atoms with Crippen LogP contribution in [0.15, 0.2) is 34.9 Å². The highest BCUT2D eigenvalue weighted by Gasteiger charge is 2.20. The van der Waals surface area contributed by atoms with Crippen molar-refractivity contribution in [2.75, 3.05) is 6.54 Å². The van der Waals surface area contributed by atoms with Gasteiger partial charge in [0.05, 0.1) is 22.4 Å². The molecule has 0 aliphatic heterocycles. The maximum absolute atomic E-state index is 6.33. The quantitative estimate of drug-likeness (QED) is 0.841. The smallest absolute Gasteiger partial charge is 0.105 e. The summed E-state index contributed by atoms with van der Waals surface area (Å²) in [7, 11) is 0. The Morgan fingerprint density at radius 3 is 2.63 bits per heavy atom. The van der Waals surface area contributed by atoms with Crippen molar-refractivity contribution >= 4 is 23.2 Å². The Kier molecular flexibility index (Phi) is 4.92. The normalized spacial score (nSPS) is 12.6. The summed E-state index contributed by atoms with van der Waals surface area (Å²) in [4.78, 5) is 0. The average molecular weight is 298 g/mol. The minimum absolute atomic E-state index is 0.00454. The van der Waals surface area contributed by atoms with Crippen molar-refractivity contribution in [3.8, 4) is 0 Å². The number of benzene rings is 1. The van der Waals surface area contributed by atoms with Crippen LogP contribution in [0.2, 0.25) is 10.0 Å². The Labute approximate surface area is 123 Å². The molecular formula is C15H17Cl2NO. The number of halogens is 2. The molecule has 2 aromatic rings. The average Bonchev–Trinajstić information content (AvgIpc) is 2.81. The Hall–Kier alpha value is -0.960. The van der Waals surface area contributed by atoms with Gasteiger partial charge in [0.2, 0.25) is 0 Å². The van der Waals surface area contributed by atoms with Gasteiger partial charge in [0.1, 0.15) is 5.76 Å². The minimum atomic E-state index is 0.00454. The minimum Gasteiger partial charge on any atom is -0.469 e. The van der Waals surface area contributed by atoms with Crippen LogP contribution in [0.1, 0.15) is 36.3 Å². The number of nitrogens with one attached hydrogen (secondary N) is 1. The topological polar surface area (TPSA) is 25.2 Å². The van der Waals surface area contributed by atoms with Crippen molar-refractivity contribution in [2.45, 2.75) is 26.3 Å². The summed E-state index contributed by atoms with van der Waals surface area (Å²) in [5, 5.41) is 4.66. The lowest BCUT2D eigenvalue weighted by molar-refractivity contribution is 0.517. The van der Waals surface area contributed by atoms with E-state index in [0.29, 0.717) is 10.0 Å². The molecule has 0 aliphatic rings. The van der Waals surface area contributed by atoms with Gasteiger partial charge in [-0.25, -0.2) is 0 Å². The van der Waals surface area contributed by atoms with E-state index in [0.717, 1.165) is 29.9 Å². The van der Waals surface area contributed by atoms with Crippen molar-refractivity contribution < 1.29 is 4.42 Å². The second-order valence-electron chi connectivity index (χ2n) is 4.46. The van der Waals surface area contributed by atoms with Gasteiger partial charge in [0, 0.05) is 5.56 Å². The van der Waals surface area contributed by atoms with Gasteiger partial charge >= 0.3 is 0 Å².